The minimum atomic E-state index is -0.296. The van der Waals surface area contributed by atoms with Crippen molar-refractivity contribution in [2.24, 2.45) is 5.92 Å². The number of likely N-dealkylation sites (tertiary alicyclic amines) is 1. The maximum atomic E-state index is 13.1. The molecular weight excluding hydrogens is 427 g/mol. The second-order valence-corrected chi connectivity index (χ2v) is 8.70. The lowest BCUT2D eigenvalue weighted by Gasteiger charge is -2.30. The maximum Gasteiger partial charge on any atom is 0.240 e. The number of anilines is 1. The highest BCUT2D eigenvalue weighted by atomic mass is 32.1. The van der Waals surface area contributed by atoms with Crippen molar-refractivity contribution in [3.05, 3.63) is 71.4 Å². The van der Waals surface area contributed by atoms with Gasteiger partial charge in [-0.15, -0.1) is 11.3 Å². The molecule has 8 heteroatoms. The predicted octanol–water partition coefficient (Wildman–Crippen LogP) is 3.92. The van der Waals surface area contributed by atoms with E-state index >= 15 is 0 Å². The van der Waals surface area contributed by atoms with Crippen LogP contribution in [0.15, 0.2) is 60.0 Å². The van der Waals surface area contributed by atoms with Crippen LogP contribution in [-0.2, 0) is 16.1 Å². The van der Waals surface area contributed by atoms with Crippen molar-refractivity contribution in [3.63, 3.8) is 0 Å². The zero-order valence-electron chi connectivity index (χ0n) is 17.6. The molecule has 6 nitrogen and oxygen atoms in total. The van der Waals surface area contributed by atoms with E-state index in [2.05, 4.69) is 20.5 Å². The molecule has 0 spiro atoms. The van der Waals surface area contributed by atoms with Gasteiger partial charge in [-0.05, 0) is 55.8 Å². The molecule has 0 saturated carbocycles. The van der Waals surface area contributed by atoms with Gasteiger partial charge >= 0.3 is 0 Å². The molecule has 1 fully saturated rings. The highest BCUT2D eigenvalue weighted by Crippen LogP contribution is 2.25. The van der Waals surface area contributed by atoms with Gasteiger partial charge in [0.15, 0.2) is 5.13 Å². The average Bonchev–Trinajstić information content (AvgIpc) is 3.27. The number of halogens is 1. The van der Waals surface area contributed by atoms with Crippen LogP contribution in [-0.4, -0.2) is 41.3 Å². The number of nitrogens with one attached hydrogen (secondary N) is 2. The number of carbonyl (C=O) groups excluding carboxylic acids is 2. The number of hydrogen-bond acceptors (Lipinski definition) is 5. The summed E-state index contributed by atoms with van der Waals surface area (Å²) in [5, 5.41) is 8.20. The normalized spacial score (nSPS) is 14.8. The number of benzene rings is 2. The van der Waals surface area contributed by atoms with Gasteiger partial charge in [-0.2, -0.15) is 0 Å². The highest BCUT2D eigenvalue weighted by molar-refractivity contribution is 7.14. The van der Waals surface area contributed by atoms with E-state index in [1.165, 1.54) is 23.5 Å². The molecule has 0 atom stereocenters. The quantitative estimate of drug-likeness (QED) is 0.570. The summed E-state index contributed by atoms with van der Waals surface area (Å²) in [7, 11) is 0. The van der Waals surface area contributed by atoms with Crippen LogP contribution in [0.4, 0.5) is 9.52 Å². The molecular formula is C24H25FN4O2S. The highest BCUT2D eigenvalue weighted by Gasteiger charge is 2.26. The Bertz CT molecular complexity index is 1050. The molecule has 2 aromatic carbocycles. The lowest BCUT2D eigenvalue weighted by atomic mass is 9.96. The van der Waals surface area contributed by atoms with Crippen molar-refractivity contribution < 1.29 is 14.0 Å². The molecule has 0 bridgehead atoms. The van der Waals surface area contributed by atoms with Crippen molar-refractivity contribution in [1.29, 1.82) is 0 Å². The van der Waals surface area contributed by atoms with E-state index in [0.717, 1.165) is 24.0 Å². The van der Waals surface area contributed by atoms with Gasteiger partial charge in [0.2, 0.25) is 11.8 Å². The number of amides is 2. The largest absolute Gasteiger partial charge is 0.352 e. The van der Waals surface area contributed by atoms with E-state index in [1.54, 1.807) is 12.1 Å². The zero-order chi connectivity index (χ0) is 22.3. The van der Waals surface area contributed by atoms with Crippen LogP contribution < -0.4 is 10.6 Å². The Morgan fingerprint density at radius 2 is 1.78 bits per heavy atom. The van der Waals surface area contributed by atoms with Crippen molar-refractivity contribution in [1.82, 2.24) is 15.2 Å². The third kappa shape index (κ3) is 5.99. The minimum Gasteiger partial charge on any atom is -0.352 e. The van der Waals surface area contributed by atoms with Gasteiger partial charge in [-0.25, -0.2) is 9.37 Å². The molecule has 4 rings (SSSR count). The lowest BCUT2D eigenvalue weighted by molar-refractivity contribution is -0.126. The smallest absolute Gasteiger partial charge is 0.240 e. The lowest BCUT2D eigenvalue weighted by Crippen LogP contribution is -2.43. The molecule has 0 unspecified atom stereocenters. The van der Waals surface area contributed by atoms with Gasteiger partial charge in [0.1, 0.15) is 5.82 Å². The first-order chi connectivity index (χ1) is 15.6. The van der Waals surface area contributed by atoms with Crippen LogP contribution in [0.5, 0.6) is 0 Å². The summed E-state index contributed by atoms with van der Waals surface area (Å²) in [5.41, 5.74) is 2.59. The maximum absolute atomic E-state index is 13.1. The van der Waals surface area contributed by atoms with Crippen LogP contribution in [0.2, 0.25) is 0 Å². The second kappa shape index (κ2) is 10.5. The number of piperidine rings is 1. The first-order valence-electron chi connectivity index (χ1n) is 10.6. The number of hydrogen-bond donors (Lipinski definition) is 2. The van der Waals surface area contributed by atoms with E-state index in [9.17, 15) is 14.0 Å². The number of rotatable bonds is 7. The first kappa shape index (κ1) is 22.1. The molecule has 1 aliphatic heterocycles. The Hall–Kier alpha value is -3.10. The van der Waals surface area contributed by atoms with E-state index in [0.29, 0.717) is 30.5 Å². The van der Waals surface area contributed by atoms with Gasteiger partial charge in [0.25, 0.3) is 0 Å². The Labute approximate surface area is 190 Å². The first-order valence-corrected chi connectivity index (χ1v) is 11.5. The van der Waals surface area contributed by atoms with Crippen LogP contribution >= 0.6 is 11.3 Å². The minimum absolute atomic E-state index is 0.0183. The van der Waals surface area contributed by atoms with Crippen molar-refractivity contribution in [2.75, 3.05) is 25.0 Å². The summed E-state index contributed by atoms with van der Waals surface area (Å²) in [4.78, 5) is 31.4. The molecule has 2 N–H and O–H groups in total. The Morgan fingerprint density at radius 3 is 2.50 bits per heavy atom. The van der Waals surface area contributed by atoms with Gasteiger partial charge in [0.05, 0.1) is 12.2 Å². The van der Waals surface area contributed by atoms with Crippen molar-refractivity contribution in [3.8, 4) is 11.3 Å². The summed E-state index contributed by atoms with van der Waals surface area (Å²) >= 11 is 1.34. The molecule has 0 radical (unpaired) electrons. The van der Waals surface area contributed by atoms with Crippen LogP contribution in [0.25, 0.3) is 11.3 Å². The number of aromatic nitrogens is 1. The molecule has 1 aromatic heterocycles. The molecule has 2 heterocycles. The molecule has 2 amide bonds. The zero-order valence-corrected chi connectivity index (χ0v) is 18.4. The van der Waals surface area contributed by atoms with Crippen LogP contribution in [0.1, 0.15) is 18.4 Å². The average molecular weight is 453 g/mol. The summed E-state index contributed by atoms with van der Waals surface area (Å²) in [5.74, 6) is -0.365. The van der Waals surface area contributed by atoms with Crippen molar-refractivity contribution in [2.45, 2.75) is 19.4 Å². The number of nitrogens with zero attached hydrogens (tertiary/aromatic N) is 2. The summed E-state index contributed by atoms with van der Waals surface area (Å²) in [6.07, 6.45) is 1.47. The van der Waals surface area contributed by atoms with Gasteiger partial charge < -0.3 is 10.6 Å². The van der Waals surface area contributed by atoms with Crippen LogP contribution in [0.3, 0.4) is 0 Å². The summed E-state index contributed by atoms with van der Waals surface area (Å²) < 4.78 is 13.1. The molecule has 0 aliphatic carbocycles. The standard InChI is InChI=1S/C24H25FN4O2S/c25-20-8-6-18(7-9-20)21-16-32-24(27-21)28-22(30)15-29-12-10-19(11-13-29)23(31)26-14-17-4-2-1-3-5-17/h1-9,16,19H,10-15H2,(H,26,31)(H,27,28,30). The molecule has 166 valence electrons. The van der Waals surface area contributed by atoms with Gasteiger partial charge in [-0.3, -0.25) is 14.5 Å². The van der Waals surface area contributed by atoms with E-state index < -0.39 is 0 Å². The molecule has 1 saturated heterocycles. The number of thiazole rings is 1. The second-order valence-electron chi connectivity index (χ2n) is 7.85. The fourth-order valence-electron chi connectivity index (χ4n) is 3.73. The Morgan fingerprint density at radius 1 is 1.06 bits per heavy atom. The Kier molecular flexibility index (Phi) is 7.24. The van der Waals surface area contributed by atoms with Gasteiger partial charge in [0, 0.05) is 23.4 Å². The monoisotopic (exact) mass is 452 g/mol. The van der Waals surface area contributed by atoms with E-state index in [4.69, 9.17) is 0 Å². The Balaban J connectivity index is 1.20. The third-order valence-corrected chi connectivity index (χ3v) is 6.28. The fraction of sp³-hybridized carbons (Fsp3) is 0.292. The SMILES string of the molecule is O=C(CN1CCC(C(=O)NCc2ccccc2)CC1)Nc1nc(-c2ccc(F)cc2)cs1. The van der Waals surface area contributed by atoms with E-state index in [-0.39, 0.29) is 30.1 Å². The fourth-order valence-corrected chi connectivity index (χ4v) is 4.46. The summed E-state index contributed by atoms with van der Waals surface area (Å²) in [6, 6.07) is 16.0. The molecule has 1 aliphatic rings. The molecule has 32 heavy (non-hydrogen) atoms. The summed E-state index contributed by atoms with van der Waals surface area (Å²) in [6.45, 7) is 2.21. The van der Waals surface area contributed by atoms with Gasteiger partial charge in [-0.1, -0.05) is 30.3 Å². The van der Waals surface area contributed by atoms with Crippen molar-refractivity contribution >= 4 is 28.3 Å². The predicted molar refractivity (Wildman–Crippen MR) is 124 cm³/mol. The molecule has 3 aromatic rings. The third-order valence-electron chi connectivity index (χ3n) is 5.53. The number of carbonyl (C=O) groups is 2. The van der Waals surface area contributed by atoms with Crippen LogP contribution in [0, 0.1) is 11.7 Å². The topological polar surface area (TPSA) is 74.3 Å². The van der Waals surface area contributed by atoms with E-state index in [1.807, 2.05) is 35.7 Å².